The molecule has 0 unspecified atom stereocenters. The Morgan fingerprint density at radius 2 is 1.94 bits per heavy atom. The molecule has 1 N–H and O–H groups in total. The average molecular weight is 260 g/mol. The first-order valence-electron chi connectivity index (χ1n) is 5.98. The maximum atomic E-state index is 11.2. The minimum Gasteiger partial charge on any atom is -0.310 e. The van der Waals surface area contributed by atoms with Gasteiger partial charge in [0, 0.05) is 12.6 Å². The molecule has 0 aliphatic carbocycles. The average Bonchev–Trinajstić information content (AvgIpc) is 2.19. The fraction of sp³-hybridized carbons (Fsp3) is 0.429. The van der Waals surface area contributed by atoms with E-state index in [0.29, 0.717) is 5.82 Å². The molecule has 0 aliphatic heterocycles. The number of carbonyl (C=O) groups excluding carboxylic acids is 1. The van der Waals surface area contributed by atoms with Crippen molar-refractivity contribution >= 4 is 19.8 Å². The highest BCUT2D eigenvalue weighted by molar-refractivity contribution is 6.83. The lowest BCUT2D eigenvalue weighted by Crippen LogP contribution is -2.16. The molecule has 0 fully saturated rings. The fourth-order valence-corrected chi connectivity index (χ4v) is 1.83. The lowest BCUT2D eigenvalue weighted by atomic mass is 10.1. The second kappa shape index (κ2) is 5.36. The van der Waals surface area contributed by atoms with Gasteiger partial charge < -0.3 is 5.32 Å². The Balaban J connectivity index is 3.26. The molecule has 1 aromatic heterocycles. The molecule has 4 heteroatoms. The summed E-state index contributed by atoms with van der Waals surface area (Å²) in [6.07, 6.45) is 0. The Kier molecular flexibility index (Phi) is 4.31. The van der Waals surface area contributed by atoms with E-state index in [0.717, 1.165) is 16.8 Å². The Morgan fingerprint density at radius 1 is 1.33 bits per heavy atom. The minimum atomic E-state index is -1.44. The number of nitrogens with zero attached hydrogens (tertiary/aromatic N) is 1. The molecule has 0 bridgehead atoms. The molecule has 3 nitrogen and oxygen atoms in total. The van der Waals surface area contributed by atoms with Gasteiger partial charge in [0.2, 0.25) is 5.91 Å². The Labute approximate surface area is 110 Å². The number of aromatic nitrogens is 1. The summed E-state index contributed by atoms with van der Waals surface area (Å²) >= 11 is 0. The van der Waals surface area contributed by atoms with Crippen LogP contribution in [0.1, 0.15) is 23.7 Å². The summed E-state index contributed by atoms with van der Waals surface area (Å²) < 4.78 is 0. The summed E-state index contributed by atoms with van der Waals surface area (Å²) in [5.74, 6) is 3.60. The number of nitrogens with one attached hydrogen (secondary N) is 1. The molecule has 1 amide bonds. The third-order valence-electron chi connectivity index (χ3n) is 2.33. The van der Waals surface area contributed by atoms with E-state index in [-0.39, 0.29) is 5.91 Å². The smallest absolute Gasteiger partial charge is 0.222 e. The maximum absolute atomic E-state index is 11.2. The molecule has 1 aromatic rings. The van der Waals surface area contributed by atoms with Gasteiger partial charge in [-0.2, -0.15) is 0 Å². The fourth-order valence-electron chi connectivity index (χ4n) is 1.32. The van der Waals surface area contributed by atoms with Crippen molar-refractivity contribution in [2.75, 3.05) is 5.32 Å². The molecule has 96 valence electrons. The van der Waals surface area contributed by atoms with Gasteiger partial charge in [-0.1, -0.05) is 25.6 Å². The standard InChI is InChI=1S/C14H20N2OSi/c1-10-9-13(7-8-18(4,5)6)14(15-11(10)2)16-12(3)17/h9H,1-6H3,(H,15,16,17). The zero-order chi connectivity index (χ0) is 13.9. The number of anilines is 1. The molecule has 0 saturated carbocycles. The Bertz CT molecular complexity index is 533. The predicted octanol–water partition coefficient (Wildman–Crippen LogP) is 2.89. The number of carbonyl (C=O) groups is 1. The van der Waals surface area contributed by atoms with E-state index in [1.807, 2.05) is 19.9 Å². The van der Waals surface area contributed by atoms with Gasteiger partial charge in [-0.05, 0) is 25.5 Å². The molecule has 0 saturated heterocycles. The second-order valence-electron chi connectivity index (χ2n) is 5.47. The molecule has 0 atom stereocenters. The highest BCUT2D eigenvalue weighted by Crippen LogP contribution is 2.16. The van der Waals surface area contributed by atoms with Crippen LogP contribution in [0.25, 0.3) is 0 Å². The van der Waals surface area contributed by atoms with Crippen LogP contribution in [0.3, 0.4) is 0 Å². The number of rotatable bonds is 1. The zero-order valence-electron chi connectivity index (χ0n) is 11.9. The summed E-state index contributed by atoms with van der Waals surface area (Å²) in [5.41, 5.74) is 6.10. The largest absolute Gasteiger partial charge is 0.310 e. The maximum Gasteiger partial charge on any atom is 0.222 e. The van der Waals surface area contributed by atoms with E-state index in [1.54, 1.807) is 0 Å². The van der Waals surface area contributed by atoms with E-state index in [2.05, 4.69) is 41.4 Å². The van der Waals surface area contributed by atoms with Crippen LogP contribution >= 0.6 is 0 Å². The van der Waals surface area contributed by atoms with Crippen molar-refractivity contribution in [3.63, 3.8) is 0 Å². The van der Waals surface area contributed by atoms with Crippen LogP contribution < -0.4 is 5.32 Å². The van der Waals surface area contributed by atoms with Crippen molar-refractivity contribution in [2.24, 2.45) is 0 Å². The van der Waals surface area contributed by atoms with Crippen LogP contribution in [0.15, 0.2) is 6.07 Å². The summed E-state index contributed by atoms with van der Waals surface area (Å²) in [4.78, 5) is 15.6. The summed E-state index contributed by atoms with van der Waals surface area (Å²) in [6.45, 7) is 12.0. The lowest BCUT2D eigenvalue weighted by Gasteiger charge is -2.09. The number of amides is 1. The monoisotopic (exact) mass is 260 g/mol. The molecular formula is C14H20N2OSi. The van der Waals surface area contributed by atoms with Crippen LogP contribution in [0.2, 0.25) is 19.6 Å². The number of aryl methyl sites for hydroxylation is 2. The summed E-state index contributed by atoms with van der Waals surface area (Å²) in [6, 6.07) is 1.99. The molecule has 0 spiro atoms. The number of pyridine rings is 1. The van der Waals surface area contributed by atoms with Crippen LogP contribution in [0, 0.1) is 25.3 Å². The third kappa shape index (κ3) is 4.34. The lowest BCUT2D eigenvalue weighted by molar-refractivity contribution is -0.114. The molecule has 0 aromatic carbocycles. The van der Waals surface area contributed by atoms with Gasteiger partial charge in [-0.25, -0.2) is 4.98 Å². The Hall–Kier alpha value is -1.60. The first-order chi connectivity index (χ1) is 8.19. The van der Waals surface area contributed by atoms with Crippen LogP contribution in [0.5, 0.6) is 0 Å². The Morgan fingerprint density at radius 3 is 2.44 bits per heavy atom. The number of hydrogen-bond acceptors (Lipinski definition) is 2. The SMILES string of the molecule is CC(=O)Nc1nc(C)c(C)cc1C#C[Si](C)(C)C. The van der Waals surface area contributed by atoms with Crippen molar-refractivity contribution in [1.29, 1.82) is 0 Å². The first-order valence-corrected chi connectivity index (χ1v) is 9.48. The normalized spacial score (nSPS) is 10.6. The highest BCUT2D eigenvalue weighted by Gasteiger charge is 2.10. The molecule has 0 aliphatic rings. The van der Waals surface area contributed by atoms with Crippen LogP contribution in [0.4, 0.5) is 5.82 Å². The van der Waals surface area contributed by atoms with Crippen LogP contribution in [-0.4, -0.2) is 19.0 Å². The zero-order valence-corrected chi connectivity index (χ0v) is 12.9. The second-order valence-corrected chi connectivity index (χ2v) is 10.2. The number of hydrogen-bond donors (Lipinski definition) is 1. The van der Waals surface area contributed by atoms with Gasteiger partial charge in [-0.15, -0.1) is 5.54 Å². The van der Waals surface area contributed by atoms with Crippen molar-refractivity contribution in [3.8, 4) is 11.5 Å². The van der Waals surface area contributed by atoms with Crippen molar-refractivity contribution < 1.29 is 4.79 Å². The van der Waals surface area contributed by atoms with Crippen molar-refractivity contribution in [1.82, 2.24) is 4.98 Å². The van der Waals surface area contributed by atoms with E-state index in [9.17, 15) is 4.79 Å². The molecule has 0 radical (unpaired) electrons. The van der Waals surface area contributed by atoms with Gasteiger partial charge in [0.25, 0.3) is 0 Å². The van der Waals surface area contributed by atoms with E-state index in [4.69, 9.17) is 0 Å². The highest BCUT2D eigenvalue weighted by atomic mass is 28.3. The molecule has 1 rings (SSSR count). The van der Waals surface area contributed by atoms with Crippen molar-refractivity contribution in [2.45, 2.75) is 40.4 Å². The van der Waals surface area contributed by atoms with Gasteiger partial charge in [0.05, 0.1) is 5.56 Å². The van der Waals surface area contributed by atoms with E-state index in [1.165, 1.54) is 6.92 Å². The topological polar surface area (TPSA) is 42.0 Å². The summed E-state index contributed by atoms with van der Waals surface area (Å²) in [7, 11) is -1.44. The predicted molar refractivity (Wildman–Crippen MR) is 78.2 cm³/mol. The minimum absolute atomic E-state index is 0.123. The molecule has 1 heterocycles. The van der Waals surface area contributed by atoms with Crippen molar-refractivity contribution in [3.05, 3.63) is 22.9 Å². The third-order valence-corrected chi connectivity index (χ3v) is 3.21. The molecule has 18 heavy (non-hydrogen) atoms. The first kappa shape index (κ1) is 14.5. The van der Waals surface area contributed by atoms with Gasteiger partial charge >= 0.3 is 0 Å². The summed E-state index contributed by atoms with van der Waals surface area (Å²) in [5, 5.41) is 2.74. The van der Waals surface area contributed by atoms with Gasteiger partial charge in [0.15, 0.2) is 0 Å². The van der Waals surface area contributed by atoms with Crippen LogP contribution in [-0.2, 0) is 4.79 Å². The molecular weight excluding hydrogens is 240 g/mol. The van der Waals surface area contributed by atoms with Gasteiger partial charge in [0.1, 0.15) is 13.9 Å². The van der Waals surface area contributed by atoms with E-state index < -0.39 is 8.07 Å². The van der Waals surface area contributed by atoms with E-state index >= 15 is 0 Å². The quantitative estimate of drug-likeness (QED) is 0.623. The van der Waals surface area contributed by atoms with Gasteiger partial charge in [-0.3, -0.25) is 4.79 Å².